The molecule has 4 heteroatoms. The van der Waals surface area contributed by atoms with Crippen LogP contribution in [0.1, 0.15) is 25.7 Å². The van der Waals surface area contributed by atoms with Gasteiger partial charge in [0.25, 0.3) is 0 Å². The van der Waals surface area contributed by atoms with E-state index in [4.69, 9.17) is 0 Å². The van der Waals surface area contributed by atoms with E-state index in [1.54, 1.807) is 0 Å². The summed E-state index contributed by atoms with van der Waals surface area (Å²) < 4.78 is 0. The average molecular weight is 259 g/mol. The molecule has 4 nitrogen and oxygen atoms in total. The number of piperazine rings is 1. The Bertz CT molecular complexity index is 432. The first kappa shape index (κ1) is 12.5. The van der Waals surface area contributed by atoms with E-state index in [9.17, 15) is 4.79 Å². The zero-order valence-electron chi connectivity index (χ0n) is 11.1. The fourth-order valence-corrected chi connectivity index (χ4v) is 3.23. The highest BCUT2D eigenvalue weighted by Gasteiger charge is 2.35. The zero-order valence-corrected chi connectivity index (χ0v) is 11.1. The molecule has 1 aliphatic heterocycles. The van der Waals surface area contributed by atoms with E-state index in [0.29, 0.717) is 12.1 Å². The van der Waals surface area contributed by atoms with Crippen LogP contribution < -0.4 is 10.6 Å². The molecule has 0 bridgehead atoms. The Morgan fingerprint density at radius 3 is 2.84 bits per heavy atom. The molecule has 2 aliphatic rings. The molecule has 1 aliphatic carbocycles. The molecular weight excluding hydrogens is 238 g/mol. The Hall–Kier alpha value is -1.55. The van der Waals surface area contributed by atoms with E-state index in [2.05, 4.69) is 10.6 Å². The highest BCUT2D eigenvalue weighted by Crippen LogP contribution is 2.26. The van der Waals surface area contributed by atoms with E-state index >= 15 is 0 Å². The highest BCUT2D eigenvalue weighted by molar-refractivity contribution is 5.89. The lowest BCUT2D eigenvalue weighted by molar-refractivity contribution is 0.116. The number of benzene rings is 1. The van der Waals surface area contributed by atoms with Crippen LogP contribution in [0.4, 0.5) is 10.5 Å². The molecule has 102 valence electrons. The van der Waals surface area contributed by atoms with Crippen molar-refractivity contribution in [3.05, 3.63) is 30.3 Å². The molecule has 1 aromatic rings. The third-order valence-corrected chi connectivity index (χ3v) is 4.17. The second kappa shape index (κ2) is 5.61. The first-order valence-corrected chi connectivity index (χ1v) is 7.20. The average Bonchev–Trinajstić information content (AvgIpc) is 2.47. The van der Waals surface area contributed by atoms with E-state index in [-0.39, 0.29) is 6.03 Å². The molecule has 3 rings (SSSR count). The van der Waals surface area contributed by atoms with E-state index < -0.39 is 0 Å². The predicted molar refractivity (Wildman–Crippen MR) is 76.2 cm³/mol. The Morgan fingerprint density at radius 1 is 1.21 bits per heavy atom. The quantitative estimate of drug-likeness (QED) is 0.813. The maximum Gasteiger partial charge on any atom is 0.322 e. The van der Waals surface area contributed by atoms with Crippen molar-refractivity contribution in [1.82, 2.24) is 10.2 Å². The van der Waals surface area contributed by atoms with Crippen molar-refractivity contribution in [3.63, 3.8) is 0 Å². The van der Waals surface area contributed by atoms with Gasteiger partial charge >= 0.3 is 6.03 Å². The minimum Gasteiger partial charge on any atom is -0.319 e. The lowest BCUT2D eigenvalue weighted by atomic mass is 9.88. The largest absolute Gasteiger partial charge is 0.322 e. The van der Waals surface area contributed by atoms with Gasteiger partial charge in [-0.05, 0) is 25.0 Å². The summed E-state index contributed by atoms with van der Waals surface area (Å²) >= 11 is 0. The number of nitrogens with zero attached hydrogens (tertiary/aromatic N) is 1. The van der Waals surface area contributed by atoms with Crippen LogP contribution in [-0.4, -0.2) is 36.1 Å². The van der Waals surface area contributed by atoms with Gasteiger partial charge in [0.05, 0.1) is 0 Å². The van der Waals surface area contributed by atoms with Crippen LogP contribution in [-0.2, 0) is 0 Å². The van der Waals surface area contributed by atoms with Gasteiger partial charge < -0.3 is 15.5 Å². The number of amides is 2. The molecule has 1 saturated heterocycles. The van der Waals surface area contributed by atoms with E-state index in [1.807, 2.05) is 35.2 Å². The van der Waals surface area contributed by atoms with Crippen molar-refractivity contribution in [2.75, 3.05) is 18.4 Å². The number of urea groups is 1. The van der Waals surface area contributed by atoms with Crippen molar-refractivity contribution in [2.24, 2.45) is 0 Å². The molecule has 0 aromatic heterocycles. The van der Waals surface area contributed by atoms with Crippen LogP contribution in [0.25, 0.3) is 0 Å². The van der Waals surface area contributed by atoms with E-state index in [0.717, 1.165) is 25.2 Å². The molecule has 0 radical (unpaired) electrons. The SMILES string of the molecule is O=C(Nc1ccccc1)N1CCNC2CCCCC21. The molecule has 0 spiro atoms. The van der Waals surface area contributed by atoms with Gasteiger partial charge in [-0.15, -0.1) is 0 Å². The number of hydrogen-bond acceptors (Lipinski definition) is 2. The summed E-state index contributed by atoms with van der Waals surface area (Å²) in [5.74, 6) is 0. The number of rotatable bonds is 1. The molecule has 1 saturated carbocycles. The maximum absolute atomic E-state index is 12.4. The van der Waals surface area contributed by atoms with Gasteiger partial charge in [0.2, 0.25) is 0 Å². The molecular formula is C15H21N3O. The Labute approximate surface area is 114 Å². The first-order chi connectivity index (χ1) is 9.34. The summed E-state index contributed by atoms with van der Waals surface area (Å²) in [5.41, 5.74) is 0.874. The van der Waals surface area contributed by atoms with Crippen molar-refractivity contribution >= 4 is 11.7 Å². The van der Waals surface area contributed by atoms with Gasteiger partial charge in [-0.1, -0.05) is 31.0 Å². The number of para-hydroxylation sites is 1. The number of anilines is 1. The summed E-state index contributed by atoms with van der Waals surface area (Å²) in [5, 5.41) is 6.55. The Morgan fingerprint density at radius 2 is 2.00 bits per heavy atom. The lowest BCUT2D eigenvalue weighted by Crippen LogP contribution is -2.61. The molecule has 2 N–H and O–H groups in total. The number of nitrogens with one attached hydrogen (secondary N) is 2. The van der Waals surface area contributed by atoms with Crippen molar-refractivity contribution in [2.45, 2.75) is 37.8 Å². The Kier molecular flexibility index (Phi) is 3.69. The fraction of sp³-hybridized carbons (Fsp3) is 0.533. The summed E-state index contributed by atoms with van der Waals surface area (Å²) in [6.45, 7) is 1.71. The fourth-order valence-electron chi connectivity index (χ4n) is 3.23. The van der Waals surface area contributed by atoms with Crippen LogP contribution in [0, 0.1) is 0 Å². The van der Waals surface area contributed by atoms with E-state index in [1.165, 1.54) is 19.3 Å². The first-order valence-electron chi connectivity index (χ1n) is 7.20. The normalized spacial score (nSPS) is 26.6. The van der Waals surface area contributed by atoms with Crippen molar-refractivity contribution in [3.8, 4) is 0 Å². The summed E-state index contributed by atoms with van der Waals surface area (Å²) in [6, 6.07) is 10.6. The standard InChI is InChI=1S/C15H21N3O/c19-15(17-12-6-2-1-3-7-12)18-11-10-16-13-8-4-5-9-14(13)18/h1-3,6-7,13-14,16H,4-5,8-11H2,(H,17,19). The summed E-state index contributed by atoms with van der Waals surface area (Å²) in [4.78, 5) is 14.4. The topological polar surface area (TPSA) is 44.4 Å². The van der Waals surface area contributed by atoms with Crippen LogP contribution in [0.2, 0.25) is 0 Å². The molecule has 2 fully saturated rings. The number of carbonyl (C=O) groups excluding carboxylic acids is 1. The second-order valence-electron chi connectivity index (χ2n) is 5.40. The molecule has 19 heavy (non-hydrogen) atoms. The highest BCUT2D eigenvalue weighted by atomic mass is 16.2. The maximum atomic E-state index is 12.4. The smallest absolute Gasteiger partial charge is 0.319 e. The molecule has 2 unspecified atom stereocenters. The van der Waals surface area contributed by atoms with Gasteiger partial charge in [0.1, 0.15) is 0 Å². The number of fused-ring (bicyclic) bond motifs is 1. The minimum absolute atomic E-state index is 0.0459. The van der Waals surface area contributed by atoms with Crippen LogP contribution >= 0.6 is 0 Å². The molecule has 1 heterocycles. The lowest BCUT2D eigenvalue weighted by Gasteiger charge is -2.44. The Balaban J connectivity index is 1.68. The summed E-state index contributed by atoms with van der Waals surface area (Å²) in [6.07, 6.45) is 4.83. The second-order valence-corrected chi connectivity index (χ2v) is 5.40. The van der Waals surface area contributed by atoms with Gasteiger partial charge in [0, 0.05) is 30.9 Å². The minimum atomic E-state index is 0.0459. The number of hydrogen-bond donors (Lipinski definition) is 2. The van der Waals surface area contributed by atoms with Crippen molar-refractivity contribution < 1.29 is 4.79 Å². The van der Waals surface area contributed by atoms with Crippen molar-refractivity contribution in [1.29, 1.82) is 0 Å². The monoisotopic (exact) mass is 259 g/mol. The number of carbonyl (C=O) groups is 1. The predicted octanol–water partition coefficient (Wildman–Crippen LogP) is 2.43. The van der Waals surface area contributed by atoms with Crippen LogP contribution in [0.5, 0.6) is 0 Å². The van der Waals surface area contributed by atoms with Gasteiger partial charge in [-0.3, -0.25) is 0 Å². The third kappa shape index (κ3) is 2.73. The zero-order chi connectivity index (χ0) is 13.1. The van der Waals surface area contributed by atoms with Gasteiger partial charge in [-0.2, -0.15) is 0 Å². The molecule has 2 amide bonds. The van der Waals surface area contributed by atoms with Crippen LogP contribution in [0.15, 0.2) is 30.3 Å². The van der Waals surface area contributed by atoms with Crippen LogP contribution in [0.3, 0.4) is 0 Å². The summed E-state index contributed by atoms with van der Waals surface area (Å²) in [7, 11) is 0. The molecule has 2 atom stereocenters. The van der Waals surface area contributed by atoms with Gasteiger partial charge in [-0.25, -0.2) is 4.79 Å². The third-order valence-electron chi connectivity index (χ3n) is 4.17. The molecule has 1 aromatic carbocycles. The van der Waals surface area contributed by atoms with Gasteiger partial charge in [0.15, 0.2) is 0 Å².